The van der Waals surface area contributed by atoms with E-state index in [4.69, 9.17) is 4.74 Å². The number of benzene rings is 1. The minimum atomic E-state index is -0.186. The van der Waals surface area contributed by atoms with Crippen LogP contribution in [-0.2, 0) is 4.79 Å². The molecule has 1 saturated heterocycles. The van der Waals surface area contributed by atoms with Crippen LogP contribution in [0.5, 0.6) is 5.75 Å². The number of anilines is 1. The lowest BCUT2D eigenvalue weighted by atomic mass is 9.97. The van der Waals surface area contributed by atoms with Crippen molar-refractivity contribution in [1.82, 2.24) is 4.90 Å². The first kappa shape index (κ1) is 16.5. The van der Waals surface area contributed by atoms with Crippen molar-refractivity contribution in [2.24, 2.45) is 5.92 Å². The Labute approximate surface area is 145 Å². The summed E-state index contributed by atoms with van der Waals surface area (Å²) in [5.41, 5.74) is 0.709. The van der Waals surface area contributed by atoms with Crippen LogP contribution in [0.15, 0.2) is 41.8 Å². The van der Waals surface area contributed by atoms with Gasteiger partial charge in [0.2, 0.25) is 5.91 Å². The van der Waals surface area contributed by atoms with Crippen molar-refractivity contribution < 1.29 is 14.3 Å². The number of hydrogen-bond acceptors (Lipinski definition) is 4. The van der Waals surface area contributed by atoms with E-state index in [1.165, 1.54) is 11.3 Å². The summed E-state index contributed by atoms with van der Waals surface area (Å²) in [6.07, 6.45) is 1.64. The fourth-order valence-electron chi connectivity index (χ4n) is 2.88. The van der Waals surface area contributed by atoms with Gasteiger partial charge in [-0.05, 0) is 36.4 Å². The first-order chi connectivity index (χ1) is 11.7. The van der Waals surface area contributed by atoms with Crippen molar-refractivity contribution in [1.29, 1.82) is 0 Å². The zero-order valence-corrected chi connectivity index (χ0v) is 14.3. The summed E-state index contributed by atoms with van der Waals surface area (Å²) in [6.45, 7) is 1.17. The van der Waals surface area contributed by atoms with E-state index in [0.29, 0.717) is 24.5 Å². The number of ether oxygens (including phenoxy) is 1. The van der Waals surface area contributed by atoms with Gasteiger partial charge in [-0.25, -0.2) is 0 Å². The molecule has 1 aliphatic heterocycles. The molecule has 1 fully saturated rings. The van der Waals surface area contributed by atoms with E-state index in [0.717, 1.165) is 17.7 Å². The largest absolute Gasteiger partial charge is 0.497 e. The van der Waals surface area contributed by atoms with E-state index in [1.807, 2.05) is 35.7 Å². The average Bonchev–Trinajstić information content (AvgIpc) is 3.16. The molecular formula is C18H20N2O3S. The summed E-state index contributed by atoms with van der Waals surface area (Å²) in [5, 5.41) is 4.82. The number of methoxy groups -OCH3 is 1. The molecule has 5 nitrogen and oxygen atoms in total. The maximum Gasteiger partial charge on any atom is 0.263 e. The van der Waals surface area contributed by atoms with Gasteiger partial charge in [-0.2, -0.15) is 0 Å². The first-order valence-corrected chi connectivity index (χ1v) is 8.83. The van der Waals surface area contributed by atoms with Crippen LogP contribution in [0.25, 0.3) is 0 Å². The van der Waals surface area contributed by atoms with Crippen LogP contribution in [0.2, 0.25) is 0 Å². The molecule has 0 bridgehead atoms. The van der Waals surface area contributed by atoms with E-state index >= 15 is 0 Å². The maximum absolute atomic E-state index is 12.5. The molecule has 2 aromatic rings. The van der Waals surface area contributed by atoms with Crippen molar-refractivity contribution in [2.75, 3.05) is 25.5 Å². The molecule has 2 amide bonds. The Morgan fingerprint density at radius 1 is 1.29 bits per heavy atom. The zero-order valence-electron chi connectivity index (χ0n) is 13.5. The summed E-state index contributed by atoms with van der Waals surface area (Å²) < 4.78 is 5.17. The Kier molecular flexibility index (Phi) is 5.15. The minimum Gasteiger partial charge on any atom is -0.497 e. The highest BCUT2D eigenvalue weighted by Gasteiger charge is 2.29. The van der Waals surface area contributed by atoms with Gasteiger partial charge in [0.15, 0.2) is 0 Å². The van der Waals surface area contributed by atoms with Gasteiger partial charge in [0, 0.05) is 24.8 Å². The number of amides is 2. The van der Waals surface area contributed by atoms with Gasteiger partial charge in [-0.3, -0.25) is 9.59 Å². The second kappa shape index (κ2) is 7.49. The highest BCUT2D eigenvalue weighted by Crippen LogP contribution is 2.23. The van der Waals surface area contributed by atoms with E-state index in [2.05, 4.69) is 5.32 Å². The molecule has 1 unspecified atom stereocenters. The summed E-state index contributed by atoms with van der Waals surface area (Å²) in [5.74, 6) is 0.482. The summed E-state index contributed by atoms with van der Waals surface area (Å²) in [6, 6.07) is 11.0. The Morgan fingerprint density at radius 3 is 2.92 bits per heavy atom. The molecule has 3 rings (SSSR count). The number of carbonyl (C=O) groups excluding carboxylic acids is 2. The van der Waals surface area contributed by atoms with Crippen LogP contribution in [0.4, 0.5) is 5.69 Å². The fourth-order valence-corrected chi connectivity index (χ4v) is 3.57. The molecule has 6 heteroatoms. The lowest BCUT2D eigenvalue weighted by molar-refractivity contribution is -0.121. The van der Waals surface area contributed by atoms with Gasteiger partial charge < -0.3 is 15.0 Å². The van der Waals surface area contributed by atoms with Crippen molar-refractivity contribution in [3.8, 4) is 5.75 Å². The second-order valence-corrected chi connectivity index (χ2v) is 6.74. The third-order valence-electron chi connectivity index (χ3n) is 4.15. The lowest BCUT2D eigenvalue weighted by Crippen LogP contribution is -2.43. The molecule has 1 N–H and O–H groups in total. The number of nitrogens with one attached hydrogen (secondary N) is 1. The molecule has 0 saturated carbocycles. The standard InChI is InChI=1S/C18H20N2O3S/c1-23-15-7-2-6-14(11-15)19-17(21)13-5-3-9-20(12-13)18(22)16-8-4-10-24-16/h2,4,6-8,10-11,13H,3,5,9,12H2,1H3,(H,19,21). The van der Waals surface area contributed by atoms with E-state index in [9.17, 15) is 9.59 Å². The maximum atomic E-state index is 12.5. The molecule has 0 spiro atoms. The van der Waals surface area contributed by atoms with Gasteiger partial charge in [-0.15, -0.1) is 11.3 Å². The zero-order chi connectivity index (χ0) is 16.9. The van der Waals surface area contributed by atoms with Crippen molar-refractivity contribution in [3.05, 3.63) is 46.7 Å². The van der Waals surface area contributed by atoms with Crippen LogP contribution in [0.3, 0.4) is 0 Å². The fraction of sp³-hybridized carbons (Fsp3) is 0.333. The molecule has 0 radical (unpaired) electrons. The summed E-state index contributed by atoms with van der Waals surface area (Å²) in [4.78, 5) is 27.5. The Hall–Kier alpha value is -2.34. The molecule has 1 aromatic heterocycles. The van der Waals surface area contributed by atoms with Crippen LogP contribution in [-0.4, -0.2) is 36.9 Å². The van der Waals surface area contributed by atoms with Crippen LogP contribution >= 0.6 is 11.3 Å². The molecular weight excluding hydrogens is 324 g/mol. The molecule has 24 heavy (non-hydrogen) atoms. The molecule has 1 atom stereocenters. The topological polar surface area (TPSA) is 58.6 Å². The number of piperidine rings is 1. The lowest BCUT2D eigenvalue weighted by Gasteiger charge is -2.31. The number of carbonyl (C=O) groups is 2. The molecule has 1 aliphatic rings. The van der Waals surface area contributed by atoms with Gasteiger partial charge in [0.05, 0.1) is 17.9 Å². The number of thiophene rings is 1. The predicted octanol–water partition coefficient (Wildman–Crippen LogP) is 3.25. The summed E-state index contributed by atoms with van der Waals surface area (Å²) in [7, 11) is 1.59. The highest BCUT2D eigenvalue weighted by atomic mass is 32.1. The molecule has 1 aromatic carbocycles. The van der Waals surface area contributed by atoms with Gasteiger partial charge in [0.25, 0.3) is 5.91 Å². The van der Waals surface area contributed by atoms with Gasteiger partial charge in [0.1, 0.15) is 5.75 Å². The Bertz CT molecular complexity index is 715. The average molecular weight is 344 g/mol. The van der Waals surface area contributed by atoms with E-state index in [1.54, 1.807) is 18.1 Å². The third kappa shape index (κ3) is 3.76. The molecule has 2 heterocycles. The van der Waals surface area contributed by atoms with E-state index < -0.39 is 0 Å². The summed E-state index contributed by atoms with van der Waals surface area (Å²) >= 11 is 1.44. The first-order valence-electron chi connectivity index (χ1n) is 7.95. The van der Waals surface area contributed by atoms with Gasteiger partial charge in [-0.1, -0.05) is 12.1 Å². The smallest absolute Gasteiger partial charge is 0.263 e. The SMILES string of the molecule is COc1cccc(NC(=O)C2CCCN(C(=O)c3cccs3)C2)c1. The van der Waals surface area contributed by atoms with Crippen LogP contribution in [0.1, 0.15) is 22.5 Å². The quantitative estimate of drug-likeness (QED) is 0.926. The number of rotatable bonds is 4. The predicted molar refractivity (Wildman–Crippen MR) is 94.6 cm³/mol. The second-order valence-electron chi connectivity index (χ2n) is 5.79. The molecule has 0 aliphatic carbocycles. The van der Waals surface area contributed by atoms with Crippen LogP contribution < -0.4 is 10.1 Å². The van der Waals surface area contributed by atoms with Crippen molar-refractivity contribution in [2.45, 2.75) is 12.8 Å². The van der Waals surface area contributed by atoms with E-state index in [-0.39, 0.29) is 17.7 Å². The Morgan fingerprint density at radius 2 is 2.17 bits per heavy atom. The number of likely N-dealkylation sites (tertiary alicyclic amines) is 1. The van der Waals surface area contributed by atoms with Crippen molar-refractivity contribution in [3.63, 3.8) is 0 Å². The number of nitrogens with zero attached hydrogens (tertiary/aromatic N) is 1. The third-order valence-corrected chi connectivity index (χ3v) is 5.01. The highest BCUT2D eigenvalue weighted by molar-refractivity contribution is 7.12. The minimum absolute atomic E-state index is 0.0175. The van der Waals surface area contributed by atoms with Crippen molar-refractivity contribution >= 4 is 28.8 Å². The van der Waals surface area contributed by atoms with Gasteiger partial charge >= 0.3 is 0 Å². The monoisotopic (exact) mass is 344 g/mol. The number of hydrogen-bond donors (Lipinski definition) is 1. The Balaban J connectivity index is 1.63. The van der Waals surface area contributed by atoms with Crippen LogP contribution in [0, 0.1) is 5.92 Å². The molecule has 126 valence electrons. The normalized spacial score (nSPS) is 17.4.